The van der Waals surface area contributed by atoms with Gasteiger partial charge in [-0.1, -0.05) is 30.3 Å². The highest BCUT2D eigenvalue weighted by molar-refractivity contribution is 7.91. The van der Waals surface area contributed by atoms with E-state index in [2.05, 4.69) is 29.1 Å². The van der Waals surface area contributed by atoms with Crippen molar-refractivity contribution in [1.29, 1.82) is 0 Å². The van der Waals surface area contributed by atoms with Gasteiger partial charge in [-0.25, -0.2) is 13.4 Å². The van der Waals surface area contributed by atoms with Crippen molar-refractivity contribution in [3.05, 3.63) is 47.8 Å². The Balaban J connectivity index is 1.69. The third kappa shape index (κ3) is 5.64. The maximum atomic E-state index is 12.7. The first-order valence-electron chi connectivity index (χ1n) is 9.48. The topological polar surface area (TPSA) is 64.4 Å². The second-order valence-corrected chi connectivity index (χ2v) is 9.30. The maximum Gasteiger partial charge on any atom is 0.227 e. The summed E-state index contributed by atoms with van der Waals surface area (Å²) in [6, 6.07) is 10.4. The number of methoxy groups -OCH3 is 1. The fourth-order valence-electron chi connectivity index (χ4n) is 3.18. The van der Waals surface area contributed by atoms with Crippen LogP contribution < -0.4 is 0 Å². The molecule has 1 aliphatic carbocycles. The van der Waals surface area contributed by atoms with Gasteiger partial charge in [-0.3, -0.25) is 0 Å². The molecule has 0 atom stereocenters. The lowest BCUT2D eigenvalue weighted by Gasteiger charge is -2.18. The Morgan fingerprint density at radius 1 is 1.26 bits per heavy atom. The van der Waals surface area contributed by atoms with Crippen LogP contribution in [-0.4, -0.2) is 55.9 Å². The molecule has 1 aromatic carbocycles. The second-order valence-electron chi connectivity index (χ2n) is 7.37. The van der Waals surface area contributed by atoms with Crippen molar-refractivity contribution in [2.75, 3.05) is 33.1 Å². The Morgan fingerprint density at radius 2 is 2.00 bits per heavy atom. The van der Waals surface area contributed by atoms with Gasteiger partial charge in [0.2, 0.25) is 15.0 Å². The molecular weight excluding hydrogens is 362 g/mol. The van der Waals surface area contributed by atoms with Crippen molar-refractivity contribution in [3.8, 4) is 0 Å². The third-order valence-electron chi connectivity index (χ3n) is 4.91. The van der Waals surface area contributed by atoms with E-state index >= 15 is 0 Å². The molecule has 148 valence electrons. The minimum Gasteiger partial charge on any atom is -0.383 e. The molecule has 1 aromatic heterocycles. The van der Waals surface area contributed by atoms with Gasteiger partial charge in [0.25, 0.3) is 0 Å². The standard InChI is InChI=1S/C20H29N3O3S/c1-22(11-10-17-6-4-3-5-7-17)15-19-14-21-20(23(19)12-13-26-2)27(24,25)16-18-8-9-18/h3-7,14,18H,8-13,15-16H2,1-2H3. The van der Waals surface area contributed by atoms with Crippen LogP contribution in [0.2, 0.25) is 0 Å². The van der Waals surface area contributed by atoms with E-state index in [9.17, 15) is 8.42 Å². The van der Waals surface area contributed by atoms with Crippen molar-refractivity contribution in [2.24, 2.45) is 5.92 Å². The second kappa shape index (κ2) is 8.99. The zero-order valence-corrected chi connectivity index (χ0v) is 17.0. The molecule has 0 saturated heterocycles. The normalized spacial score (nSPS) is 14.8. The van der Waals surface area contributed by atoms with E-state index in [1.54, 1.807) is 13.3 Å². The van der Waals surface area contributed by atoms with E-state index < -0.39 is 9.84 Å². The lowest BCUT2D eigenvalue weighted by molar-refractivity contribution is 0.182. The zero-order valence-electron chi connectivity index (χ0n) is 16.2. The lowest BCUT2D eigenvalue weighted by atomic mass is 10.1. The molecule has 1 saturated carbocycles. The summed E-state index contributed by atoms with van der Waals surface area (Å²) in [6.07, 6.45) is 4.67. The molecule has 1 fully saturated rings. The van der Waals surface area contributed by atoms with E-state index in [0.717, 1.165) is 31.5 Å². The molecular formula is C20H29N3O3S. The summed E-state index contributed by atoms with van der Waals surface area (Å²) in [7, 11) is 0.326. The summed E-state index contributed by atoms with van der Waals surface area (Å²) >= 11 is 0. The van der Waals surface area contributed by atoms with E-state index in [4.69, 9.17) is 4.74 Å². The van der Waals surface area contributed by atoms with Gasteiger partial charge in [-0.15, -0.1) is 0 Å². The van der Waals surface area contributed by atoms with Crippen LogP contribution in [0.15, 0.2) is 41.7 Å². The molecule has 0 N–H and O–H groups in total. The Bertz CT molecular complexity index is 829. The number of nitrogens with zero attached hydrogens (tertiary/aromatic N) is 3. The number of likely N-dealkylation sites (N-methyl/N-ethyl adjacent to an activating group) is 1. The fraction of sp³-hybridized carbons (Fsp3) is 0.550. The minimum absolute atomic E-state index is 0.193. The first-order chi connectivity index (χ1) is 13.0. The van der Waals surface area contributed by atoms with Gasteiger partial charge >= 0.3 is 0 Å². The fourth-order valence-corrected chi connectivity index (χ4v) is 5.04. The highest BCUT2D eigenvalue weighted by atomic mass is 32.2. The van der Waals surface area contributed by atoms with Gasteiger partial charge in [-0.2, -0.15) is 0 Å². The van der Waals surface area contributed by atoms with Crippen LogP contribution in [0.25, 0.3) is 0 Å². The number of rotatable bonds is 11. The predicted octanol–water partition coefficient (Wildman–Crippen LogP) is 2.39. The summed E-state index contributed by atoms with van der Waals surface area (Å²) in [5, 5.41) is 0.193. The molecule has 0 aliphatic heterocycles. The summed E-state index contributed by atoms with van der Waals surface area (Å²) in [5.41, 5.74) is 2.21. The van der Waals surface area contributed by atoms with Crippen molar-refractivity contribution in [2.45, 2.75) is 37.5 Å². The highest BCUT2D eigenvalue weighted by Crippen LogP contribution is 2.32. The van der Waals surface area contributed by atoms with Gasteiger partial charge < -0.3 is 14.2 Å². The molecule has 0 unspecified atom stereocenters. The van der Waals surface area contributed by atoms with Crippen LogP contribution in [0.1, 0.15) is 24.1 Å². The molecule has 2 aromatic rings. The van der Waals surface area contributed by atoms with Crippen molar-refractivity contribution < 1.29 is 13.2 Å². The summed E-state index contributed by atoms with van der Waals surface area (Å²) < 4.78 is 32.5. The summed E-state index contributed by atoms with van der Waals surface area (Å²) in [4.78, 5) is 6.48. The van der Waals surface area contributed by atoms with Gasteiger partial charge in [-0.05, 0) is 37.8 Å². The van der Waals surface area contributed by atoms with E-state index in [1.807, 2.05) is 22.8 Å². The van der Waals surface area contributed by atoms with Gasteiger partial charge in [0.1, 0.15) is 0 Å². The first kappa shape index (κ1) is 20.0. The van der Waals surface area contributed by atoms with Crippen molar-refractivity contribution >= 4 is 9.84 Å². The molecule has 1 heterocycles. The summed E-state index contributed by atoms with van der Waals surface area (Å²) in [5.74, 6) is 0.514. The molecule has 6 nitrogen and oxygen atoms in total. The molecule has 27 heavy (non-hydrogen) atoms. The average Bonchev–Trinajstić information content (AvgIpc) is 3.36. The van der Waals surface area contributed by atoms with Gasteiger partial charge in [0.05, 0.1) is 24.3 Å². The smallest absolute Gasteiger partial charge is 0.227 e. The zero-order chi connectivity index (χ0) is 19.3. The van der Waals surface area contributed by atoms with E-state index in [0.29, 0.717) is 25.6 Å². The van der Waals surface area contributed by atoms with Crippen LogP contribution >= 0.6 is 0 Å². The predicted molar refractivity (Wildman–Crippen MR) is 105 cm³/mol. The largest absolute Gasteiger partial charge is 0.383 e. The van der Waals surface area contributed by atoms with Crippen LogP contribution in [0.4, 0.5) is 0 Å². The quantitative estimate of drug-likeness (QED) is 0.588. The van der Waals surface area contributed by atoms with Crippen LogP contribution in [0.3, 0.4) is 0 Å². The number of benzene rings is 1. The molecule has 7 heteroatoms. The van der Waals surface area contributed by atoms with Crippen molar-refractivity contribution in [1.82, 2.24) is 14.5 Å². The Morgan fingerprint density at radius 3 is 2.67 bits per heavy atom. The molecule has 0 radical (unpaired) electrons. The summed E-state index contributed by atoms with van der Waals surface area (Å²) in [6.45, 7) is 2.51. The SMILES string of the molecule is COCCn1c(CN(C)CCc2ccccc2)cnc1S(=O)(=O)CC1CC1. The average molecular weight is 392 g/mol. The number of aromatic nitrogens is 2. The maximum absolute atomic E-state index is 12.7. The lowest BCUT2D eigenvalue weighted by Crippen LogP contribution is -2.24. The van der Waals surface area contributed by atoms with Crippen molar-refractivity contribution in [3.63, 3.8) is 0 Å². The van der Waals surface area contributed by atoms with Crippen LogP contribution in [0.5, 0.6) is 0 Å². The van der Waals surface area contributed by atoms with Crippen LogP contribution in [-0.2, 0) is 34.1 Å². The molecule has 3 rings (SSSR count). The van der Waals surface area contributed by atoms with Gasteiger partial charge in [0, 0.05) is 26.7 Å². The Labute approximate surface area is 162 Å². The minimum atomic E-state index is -3.35. The number of imidazole rings is 1. The van der Waals surface area contributed by atoms with E-state index in [1.165, 1.54) is 5.56 Å². The number of hydrogen-bond acceptors (Lipinski definition) is 5. The van der Waals surface area contributed by atoms with Gasteiger partial charge in [0.15, 0.2) is 0 Å². The molecule has 0 amide bonds. The highest BCUT2D eigenvalue weighted by Gasteiger charge is 2.32. The van der Waals surface area contributed by atoms with Crippen LogP contribution in [0, 0.1) is 5.92 Å². The molecule has 1 aliphatic rings. The monoisotopic (exact) mass is 391 g/mol. The number of hydrogen-bond donors (Lipinski definition) is 0. The Hall–Kier alpha value is -1.70. The Kier molecular flexibility index (Phi) is 6.68. The number of ether oxygens (including phenoxy) is 1. The van der Waals surface area contributed by atoms with E-state index in [-0.39, 0.29) is 10.9 Å². The third-order valence-corrected chi connectivity index (χ3v) is 6.70. The molecule has 0 spiro atoms. The number of sulfone groups is 1. The molecule has 0 bridgehead atoms. The first-order valence-corrected chi connectivity index (χ1v) is 11.1.